The molecular formula is C28H24N6O2. The number of para-hydroxylation sites is 2. The first-order valence-electron chi connectivity index (χ1n) is 11.6. The molecule has 8 heteroatoms. The molecule has 0 aliphatic carbocycles. The molecule has 0 aliphatic rings. The molecule has 5 rings (SSSR count). The minimum Gasteiger partial charge on any atom is -0.267 e. The Kier molecular flexibility index (Phi) is 6.40. The van der Waals surface area contributed by atoms with Gasteiger partial charge in [0, 0.05) is 11.8 Å². The van der Waals surface area contributed by atoms with Crippen LogP contribution >= 0.6 is 0 Å². The molecule has 0 atom stereocenters. The maximum atomic E-state index is 13.2. The van der Waals surface area contributed by atoms with E-state index in [1.807, 2.05) is 97.9 Å². The molecule has 0 radical (unpaired) electrons. The molecule has 2 amide bonds. The van der Waals surface area contributed by atoms with Crippen molar-refractivity contribution in [2.75, 3.05) is 0 Å². The summed E-state index contributed by atoms with van der Waals surface area (Å²) >= 11 is 0. The van der Waals surface area contributed by atoms with Crippen LogP contribution in [0.5, 0.6) is 0 Å². The lowest BCUT2D eigenvalue weighted by molar-refractivity contribution is 0.0846. The number of carbonyl (C=O) groups is 2. The Hall–Kier alpha value is -4.98. The first kappa shape index (κ1) is 22.8. The van der Waals surface area contributed by atoms with Gasteiger partial charge in [-0.2, -0.15) is 10.2 Å². The molecule has 2 N–H and O–H groups in total. The van der Waals surface area contributed by atoms with Gasteiger partial charge in [-0.25, -0.2) is 9.36 Å². The number of nitrogens with zero attached hydrogens (tertiary/aromatic N) is 4. The Morgan fingerprint density at radius 2 is 1.31 bits per heavy atom. The molecule has 0 saturated carbocycles. The van der Waals surface area contributed by atoms with Crippen molar-refractivity contribution in [1.29, 1.82) is 0 Å². The van der Waals surface area contributed by atoms with Crippen molar-refractivity contribution in [2.45, 2.75) is 13.3 Å². The average molecular weight is 477 g/mol. The minimum atomic E-state index is -0.474. The third-order valence-corrected chi connectivity index (χ3v) is 5.77. The molecule has 36 heavy (non-hydrogen) atoms. The summed E-state index contributed by atoms with van der Waals surface area (Å²) in [5, 5.41) is 9.04. The largest absolute Gasteiger partial charge is 0.273 e. The van der Waals surface area contributed by atoms with E-state index >= 15 is 0 Å². The monoisotopic (exact) mass is 476 g/mol. The van der Waals surface area contributed by atoms with Crippen LogP contribution in [0, 0.1) is 0 Å². The highest BCUT2D eigenvalue weighted by Crippen LogP contribution is 2.23. The number of hydrogen-bond acceptors (Lipinski definition) is 4. The quantitative estimate of drug-likeness (QED) is 0.356. The summed E-state index contributed by atoms with van der Waals surface area (Å²) in [6, 6.07) is 28.6. The molecule has 3 aromatic carbocycles. The zero-order valence-corrected chi connectivity index (χ0v) is 19.6. The Labute approximate surface area is 208 Å². The number of benzene rings is 3. The predicted molar refractivity (Wildman–Crippen MR) is 137 cm³/mol. The molecule has 5 aromatic rings. The molecule has 2 aromatic heterocycles. The smallest absolute Gasteiger partial charge is 0.267 e. The minimum absolute atomic E-state index is 0.334. The van der Waals surface area contributed by atoms with Crippen LogP contribution < -0.4 is 10.9 Å². The van der Waals surface area contributed by atoms with E-state index in [2.05, 4.69) is 21.0 Å². The molecule has 0 aliphatic heterocycles. The van der Waals surface area contributed by atoms with Crippen LogP contribution in [-0.2, 0) is 6.42 Å². The van der Waals surface area contributed by atoms with Gasteiger partial charge in [0.2, 0.25) is 0 Å². The zero-order valence-electron chi connectivity index (χ0n) is 19.6. The Balaban J connectivity index is 1.39. The standard InChI is InChI=1S/C28H24N6O2/c1-2-25-23(18-29-34(25)22-16-10-5-11-17-22)27(35)30-31-28(36)24-19-33(21-14-8-4-9-15-21)32-26(24)20-12-6-3-7-13-20/h3-19H,2H2,1H3,(H,30,35)(H,31,36). The summed E-state index contributed by atoms with van der Waals surface area (Å²) in [6.45, 7) is 1.95. The van der Waals surface area contributed by atoms with Gasteiger partial charge in [0.05, 0.1) is 34.4 Å². The van der Waals surface area contributed by atoms with Crippen LogP contribution in [0.1, 0.15) is 33.3 Å². The maximum absolute atomic E-state index is 13.2. The van der Waals surface area contributed by atoms with Gasteiger partial charge in [-0.1, -0.05) is 73.7 Å². The first-order valence-corrected chi connectivity index (χ1v) is 11.6. The molecule has 0 spiro atoms. The van der Waals surface area contributed by atoms with Crippen LogP contribution in [-0.4, -0.2) is 31.4 Å². The van der Waals surface area contributed by atoms with Crippen LogP contribution in [0.2, 0.25) is 0 Å². The summed E-state index contributed by atoms with van der Waals surface area (Å²) in [5.41, 5.74) is 9.53. The van der Waals surface area contributed by atoms with Crippen LogP contribution in [0.25, 0.3) is 22.6 Å². The molecule has 0 saturated heterocycles. The highest BCUT2D eigenvalue weighted by atomic mass is 16.2. The highest BCUT2D eigenvalue weighted by molar-refractivity contribution is 6.02. The Morgan fingerprint density at radius 1 is 0.750 bits per heavy atom. The Bertz CT molecular complexity index is 1490. The number of aromatic nitrogens is 4. The van der Waals surface area contributed by atoms with Crippen LogP contribution in [0.4, 0.5) is 0 Å². The molecule has 0 fully saturated rings. The molecule has 8 nitrogen and oxygen atoms in total. The Morgan fingerprint density at radius 3 is 1.92 bits per heavy atom. The third kappa shape index (κ3) is 4.52. The van der Waals surface area contributed by atoms with Crippen LogP contribution in [0.15, 0.2) is 103 Å². The number of carbonyl (C=O) groups excluding carboxylic acids is 2. The predicted octanol–water partition coefficient (Wildman–Crippen LogP) is 4.36. The first-order chi connectivity index (χ1) is 17.7. The summed E-state index contributed by atoms with van der Waals surface area (Å²) in [5.74, 6) is -0.919. The summed E-state index contributed by atoms with van der Waals surface area (Å²) in [6.07, 6.45) is 3.76. The number of rotatable bonds is 6. The molecule has 0 bridgehead atoms. The van der Waals surface area contributed by atoms with E-state index in [-0.39, 0.29) is 0 Å². The maximum Gasteiger partial charge on any atom is 0.273 e. The van der Waals surface area contributed by atoms with Crippen molar-refractivity contribution in [1.82, 2.24) is 30.4 Å². The van der Waals surface area contributed by atoms with Crippen molar-refractivity contribution in [3.05, 3.63) is 120 Å². The summed E-state index contributed by atoms with van der Waals surface area (Å²) < 4.78 is 3.38. The molecule has 2 heterocycles. The summed E-state index contributed by atoms with van der Waals surface area (Å²) in [7, 11) is 0. The second-order valence-electron chi connectivity index (χ2n) is 8.05. The van der Waals surface area contributed by atoms with E-state index < -0.39 is 11.8 Å². The fraction of sp³-hybridized carbons (Fsp3) is 0.0714. The lowest BCUT2D eigenvalue weighted by Gasteiger charge is -2.09. The van der Waals surface area contributed by atoms with Crippen LogP contribution in [0.3, 0.4) is 0 Å². The SMILES string of the molecule is CCc1c(C(=O)NNC(=O)c2cn(-c3ccccc3)nc2-c2ccccc2)cnn1-c1ccccc1. The average Bonchev–Trinajstić information content (AvgIpc) is 3.58. The zero-order chi connectivity index (χ0) is 24.9. The molecule has 178 valence electrons. The van der Waals surface area contributed by atoms with E-state index in [0.717, 1.165) is 22.6 Å². The lowest BCUT2D eigenvalue weighted by atomic mass is 10.1. The van der Waals surface area contributed by atoms with E-state index in [4.69, 9.17) is 0 Å². The number of amides is 2. The third-order valence-electron chi connectivity index (χ3n) is 5.77. The fourth-order valence-electron chi connectivity index (χ4n) is 4.01. The van der Waals surface area contributed by atoms with E-state index in [9.17, 15) is 9.59 Å². The lowest BCUT2D eigenvalue weighted by Crippen LogP contribution is -2.42. The number of hydrogen-bond donors (Lipinski definition) is 2. The van der Waals surface area contributed by atoms with Gasteiger partial charge in [0.15, 0.2) is 0 Å². The normalized spacial score (nSPS) is 10.7. The number of hydrazine groups is 1. The van der Waals surface area contributed by atoms with Crippen molar-refractivity contribution in [3.8, 4) is 22.6 Å². The topological polar surface area (TPSA) is 93.8 Å². The molecular weight excluding hydrogens is 452 g/mol. The van der Waals surface area contributed by atoms with Crippen molar-refractivity contribution < 1.29 is 9.59 Å². The van der Waals surface area contributed by atoms with Crippen molar-refractivity contribution in [3.63, 3.8) is 0 Å². The van der Waals surface area contributed by atoms with Gasteiger partial charge in [0.25, 0.3) is 11.8 Å². The van der Waals surface area contributed by atoms with E-state index in [1.54, 1.807) is 15.6 Å². The van der Waals surface area contributed by atoms with E-state index in [1.165, 1.54) is 6.20 Å². The number of nitrogens with one attached hydrogen (secondary N) is 2. The second kappa shape index (κ2) is 10.1. The fourth-order valence-corrected chi connectivity index (χ4v) is 4.01. The second-order valence-corrected chi connectivity index (χ2v) is 8.05. The van der Waals surface area contributed by atoms with Gasteiger partial charge in [-0.15, -0.1) is 0 Å². The van der Waals surface area contributed by atoms with Crippen molar-refractivity contribution in [2.24, 2.45) is 0 Å². The van der Waals surface area contributed by atoms with Crippen molar-refractivity contribution >= 4 is 11.8 Å². The van der Waals surface area contributed by atoms with Gasteiger partial charge in [-0.05, 0) is 30.7 Å². The van der Waals surface area contributed by atoms with Gasteiger partial charge >= 0.3 is 0 Å². The highest BCUT2D eigenvalue weighted by Gasteiger charge is 2.21. The van der Waals surface area contributed by atoms with E-state index in [0.29, 0.717) is 23.2 Å². The summed E-state index contributed by atoms with van der Waals surface area (Å²) in [4.78, 5) is 26.2. The molecule has 0 unspecified atom stereocenters. The van der Waals surface area contributed by atoms with Gasteiger partial charge in [-0.3, -0.25) is 20.4 Å². The van der Waals surface area contributed by atoms with Gasteiger partial charge in [0.1, 0.15) is 5.69 Å². The van der Waals surface area contributed by atoms with Gasteiger partial charge < -0.3 is 0 Å².